The van der Waals surface area contributed by atoms with Crippen LogP contribution in [0.15, 0.2) is 53.4 Å². The van der Waals surface area contributed by atoms with E-state index in [4.69, 9.17) is 4.74 Å². The van der Waals surface area contributed by atoms with Gasteiger partial charge in [-0.3, -0.25) is 9.59 Å². The van der Waals surface area contributed by atoms with E-state index in [-0.39, 0.29) is 16.4 Å². The molecule has 0 aliphatic rings. The molecule has 25 heavy (non-hydrogen) atoms. The maximum Gasteiger partial charge on any atom is 0.265 e. The molecule has 0 aromatic heterocycles. The van der Waals surface area contributed by atoms with Gasteiger partial charge in [0.25, 0.3) is 15.9 Å². The van der Waals surface area contributed by atoms with Gasteiger partial charge in [0.05, 0.1) is 11.5 Å². The van der Waals surface area contributed by atoms with Gasteiger partial charge in [0.15, 0.2) is 0 Å². The summed E-state index contributed by atoms with van der Waals surface area (Å²) in [5.74, 6) is -0.413. The second-order valence-corrected chi connectivity index (χ2v) is 6.78. The lowest BCUT2D eigenvalue weighted by molar-refractivity contribution is -0.114. The summed E-state index contributed by atoms with van der Waals surface area (Å²) in [5.41, 5.74) is 0.659. The molecule has 0 unspecified atom stereocenters. The SMILES string of the molecule is CCOc1ccc(C(=O)NS(=O)(=O)c2ccc(NC(C)=O)cc2)cc1. The Labute approximate surface area is 146 Å². The molecule has 0 heterocycles. The molecule has 2 N–H and O–H groups in total. The lowest BCUT2D eigenvalue weighted by Crippen LogP contribution is -2.30. The summed E-state index contributed by atoms with van der Waals surface area (Å²) in [6.45, 7) is 3.68. The van der Waals surface area contributed by atoms with Crippen molar-refractivity contribution in [1.29, 1.82) is 0 Å². The molecule has 132 valence electrons. The minimum absolute atomic E-state index is 0.0825. The van der Waals surface area contributed by atoms with Crippen LogP contribution in [0.4, 0.5) is 5.69 Å². The third-order valence-electron chi connectivity index (χ3n) is 3.14. The van der Waals surface area contributed by atoms with Gasteiger partial charge in [0.1, 0.15) is 5.75 Å². The highest BCUT2D eigenvalue weighted by Gasteiger charge is 2.18. The van der Waals surface area contributed by atoms with Gasteiger partial charge in [-0.05, 0) is 55.5 Å². The van der Waals surface area contributed by atoms with Gasteiger partial charge in [-0.15, -0.1) is 0 Å². The van der Waals surface area contributed by atoms with Crippen LogP contribution in [0.3, 0.4) is 0 Å². The fraction of sp³-hybridized carbons (Fsp3) is 0.176. The Morgan fingerprint density at radius 1 is 1.00 bits per heavy atom. The number of nitrogens with one attached hydrogen (secondary N) is 2. The average Bonchev–Trinajstić information content (AvgIpc) is 2.55. The Morgan fingerprint density at radius 3 is 2.12 bits per heavy atom. The van der Waals surface area contributed by atoms with E-state index in [1.807, 2.05) is 11.6 Å². The first-order valence-electron chi connectivity index (χ1n) is 7.49. The summed E-state index contributed by atoms with van der Waals surface area (Å²) >= 11 is 0. The van der Waals surface area contributed by atoms with Gasteiger partial charge in [-0.2, -0.15) is 0 Å². The Bertz CT molecular complexity index is 859. The second kappa shape index (κ2) is 7.80. The highest BCUT2D eigenvalue weighted by molar-refractivity contribution is 7.90. The molecule has 2 rings (SSSR count). The Balaban J connectivity index is 2.11. The number of rotatable bonds is 6. The lowest BCUT2D eigenvalue weighted by Gasteiger charge is -2.09. The van der Waals surface area contributed by atoms with Gasteiger partial charge < -0.3 is 10.1 Å². The maximum atomic E-state index is 12.3. The molecular weight excluding hydrogens is 344 g/mol. The molecule has 0 atom stereocenters. The number of amides is 2. The van der Waals surface area contributed by atoms with Crippen molar-refractivity contribution in [3.63, 3.8) is 0 Å². The number of carbonyl (C=O) groups is 2. The molecular formula is C17H18N2O5S. The number of carbonyl (C=O) groups excluding carboxylic acids is 2. The minimum Gasteiger partial charge on any atom is -0.494 e. The molecule has 2 aromatic rings. The highest BCUT2D eigenvalue weighted by Crippen LogP contribution is 2.16. The summed E-state index contributed by atoms with van der Waals surface area (Å²) < 4.78 is 31.8. The number of hydrogen-bond donors (Lipinski definition) is 2. The summed E-state index contributed by atoms with van der Waals surface area (Å²) in [6.07, 6.45) is 0. The van der Waals surface area contributed by atoms with Crippen molar-refractivity contribution in [1.82, 2.24) is 4.72 Å². The van der Waals surface area contributed by atoms with E-state index in [0.717, 1.165) is 0 Å². The van der Waals surface area contributed by atoms with Crippen molar-refractivity contribution in [2.24, 2.45) is 0 Å². The maximum absolute atomic E-state index is 12.3. The van der Waals surface area contributed by atoms with Gasteiger partial charge >= 0.3 is 0 Å². The molecule has 0 saturated carbocycles. The number of benzene rings is 2. The van der Waals surface area contributed by atoms with E-state index in [1.165, 1.54) is 43.3 Å². The average molecular weight is 362 g/mol. The van der Waals surface area contributed by atoms with E-state index in [0.29, 0.717) is 18.0 Å². The molecule has 2 amide bonds. The Kier molecular flexibility index (Phi) is 5.76. The molecule has 0 spiro atoms. The van der Waals surface area contributed by atoms with Gasteiger partial charge in [-0.25, -0.2) is 13.1 Å². The first kappa shape index (κ1) is 18.5. The lowest BCUT2D eigenvalue weighted by atomic mass is 10.2. The zero-order valence-electron chi connectivity index (χ0n) is 13.8. The van der Waals surface area contributed by atoms with Crippen LogP contribution in [0.25, 0.3) is 0 Å². The molecule has 0 bridgehead atoms. The number of hydrogen-bond acceptors (Lipinski definition) is 5. The predicted octanol–water partition coefficient (Wildman–Crippen LogP) is 2.16. The van der Waals surface area contributed by atoms with Crippen LogP contribution in [0.1, 0.15) is 24.2 Å². The van der Waals surface area contributed by atoms with Crippen molar-refractivity contribution in [3.8, 4) is 5.75 Å². The Hall–Kier alpha value is -2.87. The fourth-order valence-electron chi connectivity index (χ4n) is 2.03. The van der Waals surface area contributed by atoms with Gasteiger partial charge in [0, 0.05) is 18.2 Å². The standard InChI is InChI=1S/C17H18N2O5S/c1-3-24-15-8-4-13(5-9-15)17(21)19-25(22,23)16-10-6-14(7-11-16)18-12(2)20/h4-11H,3H2,1-2H3,(H,18,20)(H,19,21). The summed E-state index contributed by atoms with van der Waals surface area (Å²) in [6, 6.07) is 11.6. The quantitative estimate of drug-likeness (QED) is 0.820. The van der Waals surface area contributed by atoms with Crippen LogP contribution in [-0.4, -0.2) is 26.8 Å². The predicted molar refractivity (Wildman–Crippen MR) is 93.0 cm³/mol. The molecule has 7 nitrogen and oxygen atoms in total. The molecule has 2 aromatic carbocycles. The van der Waals surface area contributed by atoms with Crippen LogP contribution in [0, 0.1) is 0 Å². The summed E-state index contributed by atoms with van der Waals surface area (Å²) in [7, 11) is -4.02. The molecule has 0 aliphatic carbocycles. The largest absolute Gasteiger partial charge is 0.494 e. The third-order valence-corrected chi connectivity index (χ3v) is 4.49. The number of ether oxygens (including phenoxy) is 1. The van der Waals surface area contributed by atoms with E-state index < -0.39 is 15.9 Å². The van der Waals surface area contributed by atoms with Crippen LogP contribution in [-0.2, 0) is 14.8 Å². The topological polar surface area (TPSA) is 102 Å². The van der Waals surface area contributed by atoms with E-state index >= 15 is 0 Å². The number of sulfonamides is 1. The van der Waals surface area contributed by atoms with Crippen molar-refractivity contribution >= 4 is 27.5 Å². The smallest absolute Gasteiger partial charge is 0.265 e. The zero-order valence-corrected chi connectivity index (χ0v) is 14.6. The second-order valence-electron chi connectivity index (χ2n) is 5.10. The van der Waals surface area contributed by atoms with Crippen LogP contribution < -0.4 is 14.8 Å². The van der Waals surface area contributed by atoms with Crippen LogP contribution in [0.5, 0.6) is 5.75 Å². The van der Waals surface area contributed by atoms with Crippen molar-refractivity contribution in [2.75, 3.05) is 11.9 Å². The first-order valence-corrected chi connectivity index (χ1v) is 8.98. The molecule has 0 fully saturated rings. The summed E-state index contributed by atoms with van der Waals surface area (Å²) in [4.78, 5) is 23.0. The normalized spacial score (nSPS) is 10.8. The fourth-order valence-corrected chi connectivity index (χ4v) is 3.00. The molecule has 0 saturated heterocycles. The van der Waals surface area contributed by atoms with Gasteiger partial charge in [-0.1, -0.05) is 0 Å². The van der Waals surface area contributed by atoms with E-state index in [1.54, 1.807) is 12.1 Å². The molecule has 8 heteroatoms. The monoisotopic (exact) mass is 362 g/mol. The van der Waals surface area contributed by atoms with Gasteiger partial charge in [0.2, 0.25) is 5.91 Å². The van der Waals surface area contributed by atoms with Crippen LogP contribution in [0.2, 0.25) is 0 Å². The van der Waals surface area contributed by atoms with E-state index in [9.17, 15) is 18.0 Å². The van der Waals surface area contributed by atoms with Crippen molar-refractivity contribution < 1.29 is 22.7 Å². The minimum atomic E-state index is -4.02. The molecule has 0 aliphatic heterocycles. The number of anilines is 1. The van der Waals surface area contributed by atoms with E-state index in [2.05, 4.69) is 5.32 Å². The Morgan fingerprint density at radius 2 is 1.60 bits per heavy atom. The zero-order chi connectivity index (χ0) is 18.4. The summed E-state index contributed by atoms with van der Waals surface area (Å²) in [5, 5.41) is 2.53. The third kappa shape index (κ3) is 5.05. The van der Waals surface area contributed by atoms with Crippen molar-refractivity contribution in [2.45, 2.75) is 18.7 Å². The molecule has 0 radical (unpaired) electrons. The van der Waals surface area contributed by atoms with Crippen molar-refractivity contribution in [3.05, 3.63) is 54.1 Å². The highest BCUT2D eigenvalue weighted by atomic mass is 32.2. The van der Waals surface area contributed by atoms with Crippen LogP contribution >= 0.6 is 0 Å². The first-order chi connectivity index (χ1) is 11.8.